The summed E-state index contributed by atoms with van der Waals surface area (Å²) in [5, 5.41) is 12.9. The van der Waals surface area contributed by atoms with Crippen molar-refractivity contribution in [2.45, 2.75) is 38.5 Å². The van der Waals surface area contributed by atoms with E-state index >= 15 is 0 Å². The average molecular weight is 463 g/mol. The molecule has 1 saturated heterocycles. The van der Waals surface area contributed by atoms with Crippen LogP contribution in [0.2, 0.25) is 5.02 Å². The lowest BCUT2D eigenvalue weighted by Crippen LogP contribution is -2.39. The number of amidine groups is 1. The van der Waals surface area contributed by atoms with E-state index in [1.165, 1.54) is 16.2 Å². The van der Waals surface area contributed by atoms with E-state index < -0.39 is 12.7 Å². The standard InChI is InChI=1S/C19H22ClF3N4O2S/c1-11-16(9-29-13-2-3-14(15(20)8-13)17(24)26-28)30-18(25-11)12-4-6-27(7-5-12)10-19(21,22)23/h2-3,8,12,28H,4-7,9-10H2,1H3,(H2,24,26). The molecule has 0 saturated carbocycles. The largest absolute Gasteiger partial charge is 0.488 e. The van der Waals surface area contributed by atoms with E-state index in [2.05, 4.69) is 10.1 Å². The predicted molar refractivity (Wildman–Crippen MR) is 110 cm³/mol. The third kappa shape index (κ3) is 5.77. The van der Waals surface area contributed by atoms with E-state index in [1.54, 1.807) is 18.2 Å². The molecular formula is C19H22ClF3N4O2S. The summed E-state index contributed by atoms with van der Waals surface area (Å²) < 4.78 is 43.5. The number of aryl methyl sites for hydroxylation is 1. The highest BCUT2D eigenvalue weighted by molar-refractivity contribution is 7.11. The van der Waals surface area contributed by atoms with Crippen molar-refractivity contribution in [1.82, 2.24) is 9.88 Å². The maximum Gasteiger partial charge on any atom is 0.401 e. The molecular weight excluding hydrogens is 441 g/mol. The highest BCUT2D eigenvalue weighted by atomic mass is 35.5. The van der Waals surface area contributed by atoms with Crippen molar-refractivity contribution in [3.8, 4) is 5.75 Å². The second-order valence-corrected chi connectivity index (χ2v) is 8.66. The molecule has 1 fully saturated rings. The van der Waals surface area contributed by atoms with Crippen LogP contribution in [0.15, 0.2) is 23.4 Å². The lowest BCUT2D eigenvalue weighted by Gasteiger charge is -2.31. The van der Waals surface area contributed by atoms with E-state index in [0.29, 0.717) is 48.9 Å². The van der Waals surface area contributed by atoms with Crippen LogP contribution < -0.4 is 10.5 Å². The van der Waals surface area contributed by atoms with Crippen molar-refractivity contribution < 1.29 is 23.1 Å². The Bertz CT molecular complexity index is 912. The van der Waals surface area contributed by atoms with Crippen molar-refractivity contribution >= 4 is 28.8 Å². The first kappa shape index (κ1) is 22.6. The minimum absolute atomic E-state index is 0.0872. The second-order valence-electron chi connectivity index (χ2n) is 7.14. The predicted octanol–water partition coefficient (Wildman–Crippen LogP) is 4.52. The Morgan fingerprint density at radius 1 is 1.40 bits per heavy atom. The number of halogens is 4. The van der Waals surface area contributed by atoms with Gasteiger partial charge in [0.15, 0.2) is 5.84 Å². The SMILES string of the molecule is Cc1nc(C2CCN(CC(F)(F)F)CC2)sc1COc1ccc(/C(N)=N/O)c(Cl)c1. The van der Waals surface area contributed by atoms with Gasteiger partial charge in [-0.3, -0.25) is 4.90 Å². The maximum absolute atomic E-state index is 12.5. The van der Waals surface area contributed by atoms with Gasteiger partial charge in [0.2, 0.25) is 0 Å². The zero-order chi connectivity index (χ0) is 21.9. The minimum atomic E-state index is -4.16. The molecule has 1 aromatic carbocycles. The number of thiazole rings is 1. The molecule has 3 N–H and O–H groups in total. The van der Waals surface area contributed by atoms with Gasteiger partial charge in [0.25, 0.3) is 0 Å². The number of ether oxygens (including phenoxy) is 1. The van der Waals surface area contributed by atoms with Crippen LogP contribution >= 0.6 is 22.9 Å². The zero-order valence-corrected chi connectivity index (χ0v) is 17.8. The highest BCUT2D eigenvalue weighted by Crippen LogP contribution is 2.34. The van der Waals surface area contributed by atoms with Gasteiger partial charge in [0, 0.05) is 11.5 Å². The topological polar surface area (TPSA) is 84.0 Å². The van der Waals surface area contributed by atoms with Crippen LogP contribution in [0.5, 0.6) is 5.75 Å². The average Bonchev–Trinajstić information content (AvgIpc) is 3.06. The number of hydrogen-bond donors (Lipinski definition) is 2. The van der Waals surface area contributed by atoms with Crippen molar-refractivity contribution in [1.29, 1.82) is 0 Å². The van der Waals surface area contributed by atoms with Crippen molar-refractivity contribution in [2.24, 2.45) is 10.9 Å². The molecule has 1 aliphatic rings. The van der Waals surface area contributed by atoms with Gasteiger partial charge < -0.3 is 15.7 Å². The third-order valence-electron chi connectivity index (χ3n) is 4.94. The summed E-state index contributed by atoms with van der Waals surface area (Å²) in [4.78, 5) is 7.03. The summed E-state index contributed by atoms with van der Waals surface area (Å²) in [6.45, 7) is 2.17. The zero-order valence-electron chi connectivity index (χ0n) is 16.2. The Labute approximate surface area is 181 Å². The number of alkyl halides is 3. The van der Waals surface area contributed by atoms with Crippen LogP contribution in [0.25, 0.3) is 0 Å². The van der Waals surface area contributed by atoms with Crippen molar-refractivity contribution in [2.75, 3.05) is 19.6 Å². The fourth-order valence-corrected chi connectivity index (χ4v) is 4.76. The number of nitrogens with two attached hydrogens (primary N) is 1. The monoisotopic (exact) mass is 462 g/mol. The summed E-state index contributed by atoms with van der Waals surface area (Å²) in [5.74, 6) is 0.612. The lowest BCUT2D eigenvalue weighted by atomic mass is 9.97. The normalized spacial score (nSPS) is 16.8. The minimum Gasteiger partial charge on any atom is -0.488 e. The second kappa shape index (κ2) is 9.40. The van der Waals surface area contributed by atoms with Gasteiger partial charge in [-0.15, -0.1) is 11.3 Å². The molecule has 0 aliphatic carbocycles. The molecule has 164 valence electrons. The Balaban J connectivity index is 1.59. The molecule has 0 bridgehead atoms. The Morgan fingerprint density at radius 2 is 2.10 bits per heavy atom. The number of aromatic nitrogens is 1. The molecule has 30 heavy (non-hydrogen) atoms. The fourth-order valence-electron chi connectivity index (χ4n) is 3.35. The van der Waals surface area contributed by atoms with Crippen LogP contribution in [-0.2, 0) is 6.61 Å². The van der Waals surface area contributed by atoms with Crippen LogP contribution in [0, 0.1) is 6.92 Å². The summed E-state index contributed by atoms with van der Waals surface area (Å²) in [6, 6.07) is 4.86. The number of nitrogens with zero attached hydrogens (tertiary/aromatic N) is 3. The van der Waals surface area contributed by atoms with Gasteiger partial charge in [0.05, 0.1) is 27.1 Å². The number of rotatable bonds is 6. The van der Waals surface area contributed by atoms with Crippen LogP contribution in [0.1, 0.15) is 39.9 Å². The molecule has 2 aromatic rings. The molecule has 0 radical (unpaired) electrons. The maximum atomic E-state index is 12.5. The van der Waals surface area contributed by atoms with Crippen LogP contribution in [0.4, 0.5) is 13.2 Å². The van der Waals surface area contributed by atoms with Gasteiger partial charge in [-0.2, -0.15) is 13.2 Å². The summed E-state index contributed by atoms with van der Waals surface area (Å²) >= 11 is 7.67. The van der Waals surface area contributed by atoms with E-state index in [-0.39, 0.29) is 11.8 Å². The van der Waals surface area contributed by atoms with E-state index in [1.807, 2.05) is 6.92 Å². The Kier molecular flexibility index (Phi) is 7.10. The molecule has 2 heterocycles. The van der Waals surface area contributed by atoms with E-state index in [9.17, 15) is 13.2 Å². The molecule has 0 atom stereocenters. The quantitative estimate of drug-likeness (QED) is 0.285. The van der Waals surface area contributed by atoms with E-state index in [4.69, 9.17) is 27.3 Å². The number of likely N-dealkylation sites (tertiary alicyclic amines) is 1. The number of oxime groups is 1. The van der Waals surface area contributed by atoms with Crippen molar-refractivity contribution in [3.63, 3.8) is 0 Å². The number of benzene rings is 1. The third-order valence-corrected chi connectivity index (χ3v) is 6.55. The molecule has 0 amide bonds. The summed E-state index contributed by atoms with van der Waals surface area (Å²) in [6.07, 6.45) is -2.84. The molecule has 11 heteroatoms. The lowest BCUT2D eigenvalue weighted by molar-refractivity contribution is -0.147. The van der Waals surface area contributed by atoms with Gasteiger partial charge in [0.1, 0.15) is 12.4 Å². The Morgan fingerprint density at radius 3 is 2.70 bits per heavy atom. The van der Waals surface area contributed by atoms with Crippen LogP contribution in [-0.4, -0.2) is 46.7 Å². The van der Waals surface area contributed by atoms with Crippen molar-refractivity contribution in [3.05, 3.63) is 44.4 Å². The first-order valence-electron chi connectivity index (χ1n) is 9.32. The first-order valence-corrected chi connectivity index (χ1v) is 10.5. The molecule has 0 unspecified atom stereocenters. The number of piperidine rings is 1. The van der Waals surface area contributed by atoms with Gasteiger partial charge >= 0.3 is 6.18 Å². The summed E-state index contributed by atoms with van der Waals surface area (Å²) in [7, 11) is 0. The van der Waals surface area contributed by atoms with Crippen LogP contribution in [0.3, 0.4) is 0 Å². The summed E-state index contributed by atoms with van der Waals surface area (Å²) in [5.41, 5.74) is 6.81. The molecule has 0 spiro atoms. The van der Waals surface area contributed by atoms with Gasteiger partial charge in [-0.1, -0.05) is 16.8 Å². The Hall–Kier alpha value is -2.04. The van der Waals surface area contributed by atoms with E-state index in [0.717, 1.165) is 15.6 Å². The van der Waals surface area contributed by atoms with Gasteiger partial charge in [-0.05, 0) is 51.1 Å². The first-order chi connectivity index (χ1) is 14.2. The smallest absolute Gasteiger partial charge is 0.401 e. The molecule has 3 rings (SSSR count). The van der Waals surface area contributed by atoms with Gasteiger partial charge in [-0.25, -0.2) is 4.98 Å². The number of hydrogen-bond acceptors (Lipinski definition) is 6. The molecule has 6 nitrogen and oxygen atoms in total. The highest BCUT2D eigenvalue weighted by Gasteiger charge is 2.33. The fraction of sp³-hybridized carbons (Fsp3) is 0.474. The molecule has 1 aromatic heterocycles. The molecule has 1 aliphatic heterocycles.